The molecule has 0 amide bonds. The molecule has 17 heavy (non-hydrogen) atoms. The molecule has 3 N–H and O–H groups in total. The first-order chi connectivity index (χ1) is 8.08. The molecule has 1 saturated carbocycles. The third-order valence-corrected chi connectivity index (χ3v) is 3.40. The van der Waals surface area contributed by atoms with E-state index in [1.165, 1.54) is 18.9 Å². The smallest absolute Gasteiger partial charge is 0.292 e. The van der Waals surface area contributed by atoms with E-state index in [1.54, 1.807) is 12.1 Å². The first-order valence-corrected chi connectivity index (χ1v) is 6.30. The van der Waals surface area contributed by atoms with Gasteiger partial charge in [0.25, 0.3) is 5.69 Å². The number of hydrogen-bond donors (Lipinski definition) is 2. The second-order valence-electron chi connectivity index (χ2n) is 4.30. The molecule has 6 heteroatoms. The van der Waals surface area contributed by atoms with Crippen LogP contribution in [0.3, 0.4) is 0 Å². The number of hydrogen-bond acceptors (Lipinski definition) is 4. The van der Waals surface area contributed by atoms with Crippen LogP contribution in [0.2, 0.25) is 0 Å². The molecule has 2 rings (SSSR count). The van der Waals surface area contributed by atoms with Crippen LogP contribution >= 0.6 is 15.9 Å². The molecule has 1 aliphatic rings. The maximum absolute atomic E-state index is 10.8. The maximum atomic E-state index is 10.8. The van der Waals surface area contributed by atoms with E-state index in [1.807, 2.05) is 0 Å². The minimum atomic E-state index is -0.391. The van der Waals surface area contributed by atoms with Crippen molar-refractivity contribution in [3.05, 3.63) is 32.8 Å². The molecule has 0 aromatic heterocycles. The topological polar surface area (TPSA) is 81.2 Å². The van der Waals surface area contributed by atoms with Crippen molar-refractivity contribution in [2.75, 3.05) is 11.9 Å². The Kier molecular flexibility index (Phi) is 3.63. The zero-order chi connectivity index (χ0) is 12.4. The first kappa shape index (κ1) is 12.3. The number of anilines is 1. The molecule has 5 nitrogen and oxygen atoms in total. The largest absolute Gasteiger partial charge is 0.378 e. The summed E-state index contributed by atoms with van der Waals surface area (Å²) in [6.07, 6.45) is 2.34. The zero-order valence-corrected chi connectivity index (χ0v) is 10.8. The highest BCUT2D eigenvalue weighted by Crippen LogP contribution is 2.32. The predicted molar refractivity (Wildman–Crippen MR) is 70.0 cm³/mol. The van der Waals surface area contributed by atoms with Crippen molar-refractivity contribution in [3.63, 3.8) is 0 Å². The Morgan fingerprint density at radius 1 is 1.59 bits per heavy atom. The van der Waals surface area contributed by atoms with Crippen LogP contribution in [0.4, 0.5) is 11.4 Å². The maximum Gasteiger partial charge on any atom is 0.292 e. The lowest BCUT2D eigenvalue weighted by Crippen LogP contribution is -2.31. The summed E-state index contributed by atoms with van der Waals surface area (Å²) < 4.78 is 0.811. The molecule has 1 aromatic carbocycles. The van der Waals surface area contributed by atoms with Crippen molar-refractivity contribution in [1.29, 1.82) is 0 Å². The fraction of sp³-hybridized carbons (Fsp3) is 0.455. The predicted octanol–water partition coefficient (Wildman–Crippen LogP) is 2.51. The van der Waals surface area contributed by atoms with Gasteiger partial charge < -0.3 is 11.1 Å². The van der Waals surface area contributed by atoms with E-state index in [9.17, 15) is 10.1 Å². The second kappa shape index (κ2) is 5.01. The van der Waals surface area contributed by atoms with E-state index < -0.39 is 4.92 Å². The van der Waals surface area contributed by atoms with E-state index in [-0.39, 0.29) is 11.7 Å². The molecule has 1 atom stereocenters. The van der Waals surface area contributed by atoms with Gasteiger partial charge in [0.15, 0.2) is 0 Å². The lowest BCUT2D eigenvalue weighted by Gasteiger charge is -2.12. The van der Waals surface area contributed by atoms with Crippen molar-refractivity contribution in [2.24, 2.45) is 11.7 Å². The highest BCUT2D eigenvalue weighted by atomic mass is 79.9. The van der Waals surface area contributed by atoms with E-state index >= 15 is 0 Å². The van der Waals surface area contributed by atoms with Gasteiger partial charge in [-0.1, -0.05) is 15.9 Å². The monoisotopic (exact) mass is 299 g/mol. The van der Waals surface area contributed by atoms with E-state index in [4.69, 9.17) is 5.73 Å². The molecule has 0 heterocycles. The van der Waals surface area contributed by atoms with Crippen LogP contribution in [0.1, 0.15) is 12.8 Å². The number of nitrogens with two attached hydrogens (primary N) is 1. The van der Waals surface area contributed by atoms with Gasteiger partial charge in [0.1, 0.15) is 5.69 Å². The van der Waals surface area contributed by atoms with Crippen LogP contribution in [-0.4, -0.2) is 17.5 Å². The molecule has 0 bridgehead atoms. The van der Waals surface area contributed by atoms with Crippen molar-refractivity contribution in [2.45, 2.75) is 18.9 Å². The summed E-state index contributed by atoms with van der Waals surface area (Å²) in [5.41, 5.74) is 6.54. The molecule has 1 aliphatic carbocycles. The summed E-state index contributed by atoms with van der Waals surface area (Å²) in [4.78, 5) is 10.5. The molecular formula is C11H14BrN3O2. The van der Waals surface area contributed by atoms with Gasteiger partial charge in [-0.05, 0) is 30.9 Å². The van der Waals surface area contributed by atoms with Gasteiger partial charge in [-0.3, -0.25) is 10.1 Å². The molecule has 0 aliphatic heterocycles. The number of halogens is 1. The normalized spacial score (nSPS) is 16.6. The molecule has 0 spiro atoms. The van der Waals surface area contributed by atoms with Gasteiger partial charge in [0.2, 0.25) is 0 Å². The lowest BCUT2D eigenvalue weighted by atomic mass is 10.2. The lowest BCUT2D eigenvalue weighted by molar-refractivity contribution is -0.384. The molecule has 0 saturated heterocycles. The fourth-order valence-corrected chi connectivity index (χ4v) is 2.09. The van der Waals surface area contributed by atoms with Gasteiger partial charge in [0, 0.05) is 23.1 Å². The van der Waals surface area contributed by atoms with Crippen LogP contribution in [0.15, 0.2) is 22.7 Å². The van der Waals surface area contributed by atoms with Crippen LogP contribution in [0.25, 0.3) is 0 Å². The highest BCUT2D eigenvalue weighted by Gasteiger charge is 2.28. The Morgan fingerprint density at radius 3 is 2.88 bits per heavy atom. The van der Waals surface area contributed by atoms with Gasteiger partial charge in [-0.25, -0.2) is 0 Å². The van der Waals surface area contributed by atoms with Crippen LogP contribution in [0, 0.1) is 16.0 Å². The summed E-state index contributed by atoms with van der Waals surface area (Å²) in [5, 5.41) is 13.9. The van der Waals surface area contributed by atoms with Crippen LogP contribution in [-0.2, 0) is 0 Å². The Balaban J connectivity index is 2.07. The van der Waals surface area contributed by atoms with Crippen LogP contribution in [0.5, 0.6) is 0 Å². The van der Waals surface area contributed by atoms with Crippen molar-refractivity contribution in [1.82, 2.24) is 0 Å². The minimum absolute atomic E-state index is 0.0774. The van der Waals surface area contributed by atoms with Gasteiger partial charge >= 0.3 is 0 Å². The first-order valence-electron chi connectivity index (χ1n) is 5.51. The van der Waals surface area contributed by atoms with Gasteiger partial charge in [0.05, 0.1) is 4.92 Å². The van der Waals surface area contributed by atoms with Gasteiger partial charge in [-0.2, -0.15) is 0 Å². The quantitative estimate of drug-likeness (QED) is 0.646. The summed E-state index contributed by atoms with van der Waals surface area (Å²) in [6, 6.07) is 4.92. The molecular weight excluding hydrogens is 286 g/mol. The number of rotatable bonds is 5. The number of nitro benzene ring substituents is 1. The second-order valence-corrected chi connectivity index (χ2v) is 5.22. The summed E-state index contributed by atoms with van der Waals surface area (Å²) in [7, 11) is 0. The summed E-state index contributed by atoms with van der Waals surface area (Å²) >= 11 is 3.30. The molecule has 1 fully saturated rings. The van der Waals surface area contributed by atoms with Crippen molar-refractivity contribution in [3.8, 4) is 0 Å². The molecule has 92 valence electrons. The Bertz CT molecular complexity index is 435. The summed E-state index contributed by atoms with van der Waals surface area (Å²) in [6.45, 7) is 0.571. The van der Waals surface area contributed by atoms with E-state index in [2.05, 4.69) is 21.2 Å². The van der Waals surface area contributed by atoms with E-state index in [0.717, 1.165) is 4.47 Å². The standard InChI is InChI=1S/C11H14BrN3O2/c12-8-3-4-11(15(16)17)10(5-8)14-6-9(13)7-1-2-7/h3-5,7,9,14H,1-2,6,13H2. The van der Waals surface area contributed by atoms with Gasteiger partial charge in [-0.15, -0.1) is 0 Å². The zero-order valence-electron chi connectivity index (χ0n) is 9.23. The van der Waals surface area contributed by atoms with Crippen molar-refractivity contribution < 1.29 is 4.92 Å². The van der Waals surface area contributed by atoms with E-state index in [0.29, 0.717) is 18.2 Å². The number of nitrogens with one attached hydrogen (secondary N) is 1. The van der Waals surface area contributed by atoms with Crippen molar-refractivity contribution >= 4 is 27.3 Å². The number of benzene rings is 1. The molecule has 0 radical (unpaired) electrons. The number of nitrogens with zero attached hydrogens (tertiary/aromatic N) is 1. The third-order valence-electron chi connectivity index (χ3n) is 2.91. The number of nitro groups is 1. The average molecular weight is 300 g/mol. The third kappa shape index (κ3) is 3.17. The molecule has 1 unspecified atom stereocenters. The Morgan fingerprint density at radius 2 is 2.29 bits per heavy atom. The minimum Gasteiger partial charge on any atom is -0.378 e. The summed E-state index contributed by atoms with van der Waals surface area (Å²) in [5.74, 6) is 0.578. The fourth-order valence-electron chi connectivity index (χ4n) is 1.73. The average Bonchev–Trinajstić information content (AvgIpc) is 3.09. The van der Waals surface area contributed by atoms with Crippen LogP contribution < -0.4 is 11.1 Å². The Hall–Kier alpha value is -1.14. The highest BCUT2D eigenvalue weighted by molar-refractivity contribution is 9.10. The Labute approximate surface area is 108 Å². The molecule has 1 aromatic rings. The SMILES string of the molecule is NC(CNc1cc(Br)ccc1[N+](=O)[O-])C1CC1.